The average molecular weight is 169 g/mol. The largest absolute Gasteiger partial charge is 0.481 e. The van der Waals surface area contributed by atoms with Gasteiger partial charge < -0.3 is 10.4 Å². The monoisotopic (exact) mass is 169 g/mol. The van der Waals surface area contributed by atoms with E-state index in [-0.39, 0.29) is 0 Å². The van der Waals surface area contributed by atoms with Crippen LogP contribution in [0.25, 0.3) is 0 Å². The first-order valence-electron chi connectivity index (χ1n) is 4.70. The smallest absolute Gasteiger partial charge is 0.311 e. The van der Waals surface area contributed by atoms with E-state index in [0.29, 0.717) is 12.5 Å². The van der Waals surface area contributed by atoms with Crippen LogP contribution in [0.15, 0.2) is 0 Å². The van der Waals surface area contributed by atoms with Crippen molar-refractivity contribution in [2.75, 3.05) is 13.1 Å². The first kappa shape index (κ1) is 8.05. The van der Waals surface area contributed by atoms with Crippen LogP contribution in [0.5, 0.6) is 0 Å². The fourth-order valence-corrected chi connectivity index (χ4v) is 2.67. The molecule has 2 N–H and O–H groups in total. The van der Waals surface area contributed by atoms with Gasteiger partial charge in [0.2, 0.25) is 0 Å². The van der Waals surface area contributed by atoms with Gasteiger partial charge in [-0.15, -0.1) is 0 Å². The molecule has 0 aromatic carbocycles. The van der Waals surface area contributed by atoms with Crippen LogP contribution in [0.4, 0.5) is 0 Å². The Bertz CT molecular complexity index is 205. The van der Waals surface area contributed by atoms with Crippen molar-refractivity contribution in [1.29, 1.82) is 0 Å². The van der Waals surface area contributed by atoms with Gasteiger partial charge >= 0.3 is 5.97 Å². The Morgan fingerprint density at radius 2 is 2.33 bits per heavy atom. The zero-order chi connectivity index (χ0) is 8.60. The number of hydrogen-bond donors (Lipinski definition) is 2. The number of nitrogens with one attached hydrogen (secondary N) is 1. The summed E-state index contributed by atoms with van der Waals surface area (Å²) in [4.78, 5) is 11.1. The molecule has 0 spiro atoms. The van der Waals surface area contributed by atoms with E-state index >= 15 is 0 Å². The molecule has 3 heteroatoms. The second kappa shape index (κ2) is 2.73. The Morgan fingerprint density at radius 1 is 1.50 bits per heavy atom. The first-order valence-corrected chi connectivity index (χ1v) is 4.70. The van der Waals surface area contributed by atoms with Crippen LogP contribution >= 0.6 is 0 Å². The molecule has 68 valence electrons. The van der Waals surface area contributed by atoms with Crippen molar-refractivity contribution in [2.24, 2.45) is 11.3 Å². The number of fused-ring (bicyclic) bond motifs is 1. The zero-order valence-corrected chi connectivity index (χ0v) is 7.18. The van der Waals surface area contributed by atoms with Gasteiger partial charge in [-0.1, -0.05) is 12.8 Å². The Morgan fingerprint density at radius 3 is 3.00 bits per heavy atom. The van der Waals surface area contributed by atoms with Gasteiger partial charge in [-0.05, 0) is 25.3 Å². The second-order valence-electron chi connectivity index (χ2n) is 4.03. The van der Waals surface area contributed by atoms with Gasteiger partial charge in [0.15, 0.2) is 0 Å². The SMILES string of the molecule is O=C(O)C12CCCCC1CNC2. The molecule has 12 heavy (non-hydrogen) atoms. The predicted octanol–water partition coefficient (Wildman–Crippen LogP) is 0.851. The molecule has 2 fully saturated rings. The molecule has 1 saturated carbocycles. The maximum atomic E-state index is 11.1. The molecule has 2 aliphatic rings. The van der Waals surface area contributed by atoms with Crippen LogP contribution in [-0.4, -0.2) is 24.2 Å². The molecule has 0 bridgehead atoms. The van der Waals surface area contributed by atoms with E-state index in [2.05, 4.69) is 5.32 Å². The lowest BCUT2D eigenvalue weighted by Crippen LogP contribution is -2.40. The third-order valence-electron chi connectivity index (χ3n) is 3.46. The molecule has 1 saturated heterocycles. The predicted molar refractivity (Wildman–Crippen MR) is 44.9 cm³/mol. The third kappa shape index (κ3) is 0.959. The highest BCUT2D eigenvalue weighted by molar-refractivity contribution is 5.76. The number of carboxylic acid groups (broad SMARTS) is 1. The highest BCUT2D eigenvalue weighted by Crippen LogP contribution is 2.43. The highest BCUT2D eigenvalue weighted by atomic mass is 16.4. The lowest BCUT2D eigenvalue weighted by molar-refractivity contribution is -0.152. The van der Waals surface area contributed by atoms with Crippen LogP contribution in [0.2, 0.25) is 0 Å². The maximum Gasteiger partial charge on any atom is 0.311 e. The fourth-order valence-electron chi connectivity index (χ4n) is 2.67. The molecule has 1 aliphatic heterocycles. The van der Waals surface area contributed by atoms with Crippen LogP contribution in [0.1, 0.15) is 25.7 Å². The Balaban J connectivity index is 2.23. The molecule has 1 heterocycles. The molecule has 3 nitrogen and oxygen atoms in total. The van der Waals surface area contributed by atoms with E-state index in [9.17, 15) is 4.79 Å². The van der Waals surface area contributed by atoms with E-state index in [1.165, 1.54) is 6.42 Å². The molecule has 2 rings (SSSR count). The van der Waals surface area contributed by atoms with E-state index in [4.69, 9.17) is 5.11 Å². The molecule has 0 radical (unpaired) electrons. The summed E-state index contributed by atoms with van der Waals surface area (Å²) in [7, 11) is 0. The van der Waals surface area contributed by atoms with Crippen molar-refractivity contribution in [3.63, 3.8) is 0 Å². The summed E-state index contributed by atoms with van der Waals surface area (Å²) in [6.45, 7) is 1.60. The van der Waals surface area contributed by atoms with Crippen LogP contribution in [-0.2, 0) is 4.79 Å². The molecular weight excluding hydrogens is 154 g/mol. The minimum Gasteiger partial charge on any atom is -0.481 e. The number of aliphatic carboxylic acids is 1. The number of carbonyl (C=O) groups is 1. The lowest BCUT2D eigenvalue weighted by atomic mass is 9.68. The first-order chi connectivity index (χ1) is 5.76. The summed E-state index contributed by atoms with van der Waals surface area (Å²) < 4.78 is 0. The van der Waals surface area contributed by atoms with Crippen molar-refractivity contribution in [3.05, 3.63) is 0 Å². The summed E-state index contributed by atoms with van der Waals surface area (Å²) in [5.74, 6) is -0.194. The minimum atomic E-state index is -0.586. The van der Waals surface area contributed by atoms with Gasteiger partial charge in [-0.3, -0.25) is 4.79 Å². The zero-order valence-electron chi connectivity index (χ0n) is 7.18. The average Bonchev–Trinajstić information content (AvgIpc) is 2.48. The normalized spacial score (nSPS) is 40.8. The standard InChI is InChI=1S/C9H15NO2/c11-8(12)9-4-2-1-3-7(9)5-10-6-9/h7,10H,1-6H2,(H,11,12). The maximum absolute atomic E-state index is 11.1. The number of rotatable bonds is 1. The van der Waals surface area contributed by atoms with Crippen LogP contribution < -0.4 is 5.32 Å². The second-order valence-corrected chi connectivity index (χ2v) is 4.03. The Kier molecular flexibility index (Phi) is 1.83. The molecule has 1 aliphatic carbocycles. The van der Waals surface area contributed by atoms with Crippen LogP contribution in [0, 0.1) is 11.3 Å². The van der Waals surface area contributed by atoms with E-state index in [1.807, 2.05) is 0 Å². The third-order valence-corrected chi connectivity index (χ3v) is 3.46. The van der Waals surface area contributed by atoms with Gasteiger partial charge in [0, 0.05) is 6.54 Å². The summed E-state index contributed by atoms with van der Waals surface area (Å²) >= 11 is 0. The summed E-state index contributed by atoms with van der Waals surface area (Å²) in [6.07, 6.45) is 4.27. The fraction of sp³-hybridized carbons (Fsp3) is 0.889. The lowest BCUT2D eigenvalue weighted by Gasteiger charge is -2.34. The molecule has 2 unspecified atom stereocenters. The molecule has 0 amide bonds. The molecular formula is C9H15NO2. The van der Waals surface area contributed by atoms with Crippen molar-refractivity contribution >= 4 is 5.97 Å². The summed E-state index contributed by atoms with van der Waals surface area (Å²) in [5.41, 5.74) is -0.405. The number of hydrogen-bond acceptors (Lipinski definition) is 2. The van der Waals surface area contributed by atoms with E-state index in [0.717, 1.165) is 25.8 Å². The van der Waals surface area contributed by atoms with Gasteiger partial charge in [-0.2, -0.15) is 0 Å². The van der Waals surface area contributed by atoms with Crippen molar-refractivity contribution in [3.8, 4) is 0 Å². The topological polar surface area (TPSA) is 49.3 Å². The quantitative estimate of drug-likeness (QED) is 0.612. The van der Waals surface area contributed by atoms with Gasteiger partial charge in [-0.25, -0.2) is 0 Å². The summed E-state index contributed by atoms with van der Waals surface area (Å²) in [6, 6.07) is 0. The Hall–Kier alpha value is -0.570. The minimum absolute atomic E-state index is 0.392. The molecule has 0 aromatic rings. The van der Waals surface area contributed by atoms with Crippen molar-refractivity contribution < 1.29 is 9.90 Å². The highest BCUT2D eigenvalue weighted by Gasteiger charge is 2.49. The molecule has 0 aromatic heterocycles. The van der Waals surface area contributed by atoms with E-state index in [1.54, 1.807) is 0 Å². The summed E-state index contributed by atoms with van der Waals surface area (Å²) in [5, 5.41) is 12.4. The van der Waals surface area contributed by atoms with E-state index < -0.39 is 11.4 Å². The van der Waals surface area contributed by atoms with Crippen molar-refractivity contribution in [2.45, 2.75) is 25.7 Å². The number of carboxylic acids is 1. The van der Waals surface area contributed by atoms with Gasteiger partial charge in [0.1, 0.15) is 0 Å². The molecule has 2 atom stereocenters. The Labute approximate surface area is 72.2 Å². The van der Waals surface area contributed by atoms with Gasteiger partial charge in [0.25, 0.3) is 0 Å². The van der Waals surface area contributed by atoms with Crippen LogP contribution in [0.3, 0.4) is 0 Å². The van der Waals surface area contributed by atoms with Crippen molar-refractivity contribution in [1.82, 2.24) is 5.32 Å². The van der Waals surface area contributed by atoms with Gasteiger partial charge in [0.05, 0.1) is 5.41 Å².